The molecule has 0 saturated heterocycles. The van der Waals surface area contributed by atoms with Gasteiger partial charge in [-0.1, -0.05) is 12.1 Å². The third-order valence-corrected chi connectivity index (χ3v) is 4.54. The van der Waals surface area contributed by atoms with Crippen molar-refractivity contribution >= 4 is 28.7 Å². The Bertz CT molecular complexity index is 990. The van der Waals surface area contributed by atoms with Gasteiger partial charge in [0.1, 0.15) is 12.4 Å². The molecule has 9 heteroatoms. The molecule has 0 unspecified atom stereocenters. The number of aromatic amines is 2. The number of benzene rings is 1. The molecule has 2 heterocycles. The number of aromatic nitrogens is 4. The zero-order chi connectivity index (χ0) is 18.5. The van der Waals surface area contributed by atoms with Crippen LogP contribution in [0, 0.1) is 0 Å². The monoisotopic (exact) mass is 373 g/mol. The van der Waals surface area contributed by atoms with Gasteiger partial charge in [-0.3, -0.25) is 19.1 Å². The number of amides is 1. The average molecular weight is 373 g/mol. The summed E-state index contributed by atoms with van der Waals surface area (Å²) in [5.41, 5.74) is 0.634. The molecule has 26 heavy (non-hydrogen) atoms. The molecule has 8 nitrogen and oxygen atoms in total. The zero-order valence-corrected chi connectivity index (χ0v) is 15.0. The van der Waals surface area contributed by atoms with Crippen LogP contribution < -0.4 is 16.6 Å². The predicted molar refractivity (Wildman–Crippen MR) is 101 cm³/mol. The summed E-state index contributed by atoms with van der Waals surface area (Å²) in [4.78, 5) is 45.2. The fourth-order valence-electron chi connectivity index (χ4n) is 2.61. The third-order valence-electron chi connectivity index (χ3n) is 3.89. The summed E-state index contributed by atoms with van der Waals surface area (Å²) in [5, 5.41) is 2.92. The Kier molecular flexibility index (Phi) is 5.57. The fraction of sp³-hybridized carbons (Fsp3) is 0.294. The highest BCUT2D eigenvalue weighted by molar-refractivity contribution is 7.98. The van der Waals surface area contributed by atoms with E-state index >= 15 is 0 Å². The van der Waals surface area contributed by atoms with Gasteiger partial charge in [0.05, 0.1) is 17.1 Å². The van der Waals surface area contributed by atoms with Crippen LogP contribution in [-0.4, -0.2) is 37.4 Å². The topological polar surface area (TPSA) is 113 Å². The number of hydrogen-bond donors (Lipinski definition) is 3. The van der Waals surface area contributed by atoms with Crippen LogP contribution in [0.2, 0.25) is 0 Å². The molecule has 0 aliphatic rings. The van der Waals surface area contributed by atoms with Gasteiger partial charge in [0.2, 0.25) is 5.91 Å². The maximum absolute atomic E-state index is 12.4. The number of para-hydroxylation sites is 2. The largest absolute Gasteiger partial charge is 0.345 e. The van der Waals surface area contributed by atoms with Crippen LogP contribution in [0.25, 0.3) is 11.0 Å². The highest BCUT2D eigenvalue weighted by atomic mass is 32.2. The lowest BCUT2D eigenvalue weighted by Gasteiger charge is -2.16. The molecule has 3 N–H and O–H groups in total. The number of fused-ring (bicyclic) bond motifs is 1. The van der Waals surface area contributed by atoms with Gasteiger partial charge in [0, 0.05) is 12.3 Å². The number of imidazole rings is 1. The van der Waals surface area contributed by atoms with E-state index in [1.54, 1.807) is 11.8 Å². The number of H-pyrrole nitrogens is 2. The van der Waals surface area contributed by atoms with Crippen LogP contribution in [0.15, 0.2) is 46.1 Å². The highest BCUT2D eigenvalue weighted by Gasteiger charge is 2.18. The summed E-state index contributed by atoms with van der Waals surface area (Å²) in [6, 6.07) is 8.58. The lowest BCUT2D eigenvalue weighted by Crippen LogP contribution is -2.37. The molecule has 3 rings (SSSR count). The molecular formula is C17H19N5O3S. The Morgan fingerprint density at radius 1 is 1.27 bits per heavy atom. The van der Waals surface area contributed by atoms with Crippen molar-refractivity contribution in [2.45, 2.75) is 19.0 Å². The van der Waals surface area contributed by atoms with Gasteiger partial charge in [0.15, 0.2) is 0 Å². The normalized spacial score (nSPS) is 12.2. The summed E-state index contributed by atoms with van der Waals surface area (Å²) >= 11 is 1.68. The number of carbonyl (C=O) groups excluding carboxylic acids is 1. The predicted octanol–water partition coefficient (Wildman–Crippen LogP) is 1.02. The minimum absolute atomic E-state index is 0.175. The second kappa shape index (κ2) is 8.05. The van der Waals surface area contributed by atoms with E-state index in [9.17, 15) is 14.4 Å². The van der Waals surface area contributed by atoms with Crippen LogP contribution in [-0.2, 0) is 11.3 Å². The number of thioether (sulfide) groups is 1. The molecule has 3 aromatic rings. The van der Waals surface area contributed by atoms with E-state index in [4.69, 9.17) is 0 Å². The van der Waals surface area contributed by atoms with Crippen molar-refractivity contribution in [1.29, 1.82) is 0 Å². The molecule has 2 aromatic heterocycles. The van der Waals surface area contributed by atoms with Crippen molar-refractivity contribution in [1.82, 2.24) is 24.8 Å². The van der Waals surface area contributed by atoms with Crippen LogP contribution in [0.5, 0.6) is 0 Å². The number of nitrogens with zero attached hydrogens (tertiary/aromatic N) is 2. The molecular weight excluding hydrogens is 354 g/mol. The van der Waals surface area contributed by atoms with E-state index in [0.29, 0.717) is 12.2 Å². The molecule has 0 aliphatic heterocycles. The standard InChI is InChI=1S/C17H19N5O3S/c1-26-9-7-13(16-19-11-4-2-3-5-12(11)20-16)18-15(24)10-22-8-6-14(23)21-17(22)25/h2-6,8,13H,7,9-10H2,1H3,(H,18,24)(H,19,20)(H,21,23,25)/t13-/m0/s1. The molecule has 0 radical (unpaired) electrons. The smallest absolute Gasteiger partial charge is 0.328 e. The Labute approximate surface area is 153 Å². The van der Waals surface area contributed by atoms with E-state index in [2.05, 4.69) is 20.3 Å². The lowest BCUT2D eigenvalue weighted by molar-refractivity contribution is -0.122. The van der Waals surface area contributed by atoms with Gasteiger partial charge in [-0.2, -0.15) is 11.8 Å². The minimum atomic E-state index is -0.614. The second-order valence-electron chi connectivity index (χ2n) is 5.78. The van der Waals surface area contributed by atoms with Gasteiger partial charge in [0.25, 0.3) is 5.56 Å². The molecule has 0 saturated carbocycles. The van der Waals surface area contributed by atoms with Crippen LogP contribution in [0.4, 0.5) is 0 Å². The highest BCUT2D eigenvalue weighted by Crippen LogP contribution is 2.20. The first-order valence-electron chi connectivity index (χ1n) is 8.09. The van der Waals surface area contributed by atoms with Crippen molar-refractivity contribution in [2.75, 3.05) is 12.0 Å². The van der Waals surface area contributed by atoms with E-state index in [-0.39, 0.29) is 18.5 Å². The number of rotatable bonds is 7. The van der Waals surface area contributed by atoms with Crippen molar-refractivity contribution in [3.8, 4) is 0 Å². The van der Waals surface area contributed by atoms with Crippen molar-refractivity contribution in [3.05, 3.63) is 63.2 Å². The van der Waals surface area contributed by atoms with Gasteiger partial charge in [-0.05, 0) is 30.6 Å². The summed E-state index contributed by atoms with van der Waals surface area (Å²) in [5.74, 6) is 1.20. The summed E-state index contributed by atoms with van der Waals surface area (Å²) in [6.45, 7) is -0.175. The first kappa shape index (κ1) is 18.0. The van der Waals surface area contributed by atoms with Gasteiger partial charge >= 0.3 is 5.69 Å². The molecule has 1 atom stereocenters. The number of nitrogens with one attached hydrogen (secondary N) is 3. The zero-order valence-electron chi connectivity index (χ0n) is 14.2. The van der Waals surface area contributed by atoms with Crippen molar-refractivity contribution < 1.29 is 4.79 Å². The van der Waals surface area contributed by atoms with Crippen molar-refractivity contribution in [2.24, 2.45) is 0 Å². The molecule has 0 aliphatic carbocycles. The van der Waals surface area contributed by atoms with E-state index < -0.39 is 11.2 Å². The van der Waals surface area contributed by atoms with Crippen molar-refractivity contribution in [3.63, 3.8) is 0 Å². The Hall–Kier alpha value is -2.81. The summed E-state index contributed by atoms with van der Waals surface area (Å²) in [6.07, 6.45) is 4.00. The van der Waals surface area contributed by atoms with E-state index in [1.807, 2.05) is 30.5 Å². The van der Waals surface area contributed by atoms with Gasteiger partial charge in [-0.15, -0.1) is 0 Å². The fourth-order valence-corrected chi connectivity index (χ4v) is 3.09. The second-order valence-corrected chi connectivity index (χ2v) is 6.76. The lowest BCUT2D eigenvalue weighted by atomic mass is 10.2. The maximum atomic E-state index is 12.4. The van der Waals surface area contributed by atoms with Crippen LogP contribution in [0.1, 0.15) is 18.3 Å². The van der Waals surface area contributed by atoms with Gasteiger partial charge in [-0.25, -0.2) is 9.78 Å². The molecule has 136 valence electrons. The Morgan fingerprint density at radius 3 is 2.81 bits per heavy atom. The molecule has 1 aromatic carbocycles. The average Bonchev–Trinajstić information content (AvgIpc) is 3.05. The molecule has 0 bridgehead atoms. The first-order valence-corrected chi connectivity index (χ1v) is 9.49. The van der Waals surface area contributed by atoms with Crippen LogP contribution in [0.3, 0.4) is 0 Å². The molecule has 0 spiro atoms. The number of carbonyl (C=O) groups is 1. The molecule has 0 fully saturated rings. The van der Waals surface area contributed by atoms with E-state index in [0.717, 1.165) is 21.4 Å². The number of hydrogen-bond acceptors (Lipinski definition) is 5. The maximum Gasteiger partial charge on any atom is 0.328 e. The minimum Gasteiger partial charge on any atom is -0.345 e. The van der Waals surface area contributed by atoms with Crippen LogP contribution >= 0.6 is 11.8 Å². The Morgan fingerprint density at radius 2 is 2.08 bits per heavy atom. The van der Waals surface area contributed by atoms with Gasteiger partial charge < -0.3 is 10.3 Å². The quantitative estimate of drug-likeness (QED) is 0.572. The summed E-state index contributed by atoms with van der Waals surface area (Å²) < 4.78 is 1.15. The third kappa shape index (κ3) is 4.23. The Balaban J connectivity index is 1.78. The molecule has 1 amide bonds. The SMILES string of the molecule is CSCC[C@H](NC(=O)Cn1ccc(=O)[nH]c1=O)c1nc2ccccc2[nH]1. The summed E-state index contributed by atoms with van der Waals surface area (Å²) in [7, 11) is 0. The first-order chi connectivity index (χ1) is 12.6. The van der Waals surface area contributed by atoms with E-state index in [1.165, 1.54) is 12.3 Å².